The molecule has 16 heteroatoms. The van der Waals surface area contributed by atoms with Crippen molar-refractivity contribution in [2.45, 2.75) is 25.7 Å². The third-order valence-corrected chi connectivity index (χ3v) is 5.43. The molecule has 0 saturated carbocycles. The zero-order valence-electron chi connectivity index (χ0n) is 18.6. The van der Waals surface area contributed by atoms with Crippen LogP contribution in [0.15, 0.2) is 53.6 Å². The zero-order chi connectivity index (χ0) is 26.2. The van der Waals surface area contributed by atoms with Gasteiger partial charge in [0, 0.05) is 25.4 Å². The quantitative estimate of drug-likeness (QED) is 0.360. The van der Waals surface area contributed by atoms with Crippen LogP contribution in [0, 0.1) is 0 Å². The molecule has 0 spiro atoms. The van der Waals surface area contributed by atoms with Crippen molar-refractivity contribution in [3.05, 3.63) is 72.2 Å². The minimum atomic E-state index is -4.65. The Labute approximate surface area is 203 Å². The van der Waals surface area contributed by atoms with Gasteiger partial charge in [-0.05, 0) is 18.2 Å². The fourth-order valence-corrected chi connectivity index (χ4v) is 3.66. The summed E-state index contributed by atoms with van der Waals surface area (Å²) in [5.74, 6) is -1.00. The number of fused-ring (bicyclic) bond motifs is 2. The number of carbonyl (C=O) groups is 1. The van der Waals surface area contributed by atoms with Gasteiger partial charge in [0.1, 0.15) is 5.69 Å². The van der Waals surface area contributed by atoms with Crippen LogP contribution in [-0.2, 0) is 19.3 Å². The van der Waals surface area contributed by atoms with E-state index in [1.165, 1.54) is 21.7 Å². The number of rotatable bonds is 3. The van der Waals surface area contributed by atoms with Crippen molar-refractivity contribution in [2.24, 2.45) is 0 Å². The van der Waals surface area contributed by atoms with E-state index in [2.05, 4.69) is 30.4 Å². The van der Waals surface area contributed by atoms with Crippen molar-refractivity contribution in [3.8, 4) is 11.5 Å². The van der Waals surface area contributed by atoms with Crippen molar-refractivity contribution in [2.75, 3.05) is 6.54 Å². The summed E-state index contributed by atoms with van der Waals surface area (Å²) < 4.78 is 68.6. The Morgan fingerprint density at radius 2 is 1.97 bits per heavy atom. The molecule has 5 aromatic rings. The Kier molecular flexibility index (Phi) is 6.14. The van der Waals surface area contributed by atoms with Gasteiger partial charge in [-0.25, -0.2) is 18.3 Å². The molecule has 0 fully saturated rings. The van der Waals surface area contributed by atoms with Gasteiger partial charge in [0.05, 0.1) is 41.5 Å². The third kappa shape index (κ3) is 4.89. The Morgan fingerprint density at radius 1 is 1.14 bits per heavy atom. The SMILES string of the molecule is FC(F)c1cccc2ccnn12.O=C(c1nnc(-c2cnn(C(F)(F)F)c2)o1)N1CCc2nc[nH]c2C1. The summed E-state index contributed by atoms with van der Waals surface area (Å²) in [5, 5.41) is 14.2. The van der Waals surface area contributed by atoms with E-state index in [0.717, 1.165) is 17.6 Å². The van der Waals surface area contributed by atoms with E-state index in [4.69, 9.17) is 4.42 Å². The largest absolute Gasteiger partial charge is 0.504 e. The minimum absolute atomic E-state index is 0.0293. The van der Waals surface area contributed by atoms with Crippen molar-refractivity contribution in [1.82, 2.24) is 44.5 Å². The maximum absolute atomic E-state index is 12.6. The molecule has 1 N–H and O–H groups in total. The van der Waals surface area contributed by atoms with Gasteiger partial charge < -0.3 is 14.3 Å². The molecule has 0 radical (unpaired) electrons. The average molecular weight is 521 g/mol. The summed E-state index contributed by atoms with van der Waals surface area (Å²) in [4.78, 5) is 21.0. The van der Waals surface area contributed by atoms with E-state index in [-0.39, 0.29) is 27.7 Å². The van der Waals surface area contributed by atoms with Gasteiger partial charge in [-0.3, -0.25) is 4.79 Å². The van der Waals surface area contributed by atoms with Crippen molar-refractivity contribution >= 4 is 11.4 Å². The molecule has 0 bridgehead atoms. The molecule has 1 aliphatic rings. The first-order chi connectivity index (χ1) is 17.7. The summed E-state index contributed by atoms with van der Waals surface area (Å²) in [5.41, 5.74) is 2.31. The topological polar surface area (TPSA) is 123 Å². The van der Waals surface area contributed by atoms with E-state index < -0.39 is 18.6 Å². The second-order valence-corrected chi connectivity index (χ2v) is 7.78. The molecule has 1 amide bonds. The highest BCUT2D eigenvalue weighted by Crippen LogP contribution is 2.25. The number of imidazole rings is 1. The van der Waals surface area contributed by atoms with Gasteiger partial charge in [-0.15, -0.1) is 23.4 Å². The molecule has 11 nitrogen and oxygen atoms in total. The van der Waals surface area contributed by atoms with Gasteiger partial charge in [-0.2, -0.15) is 14.9 Å². The lowest BCUT2D eigenvalue weighted by Gasteiger charge is -2.24. The lowest BCUT2D eigenvalue weighted by Crippen LogP contribution is -2.36. The minimum Gasteiger partial charge on any atom is -0.412 e. The smallest absolute Gasteiger partial charge is 0.412 e. The third-order valence-electron chi connectivity index (χ3n) is 5.43. The van der Waals surface area contributed by atoms with E-state index in [1.54, 1.807) is 24.5 Å². The number of pyridine rings is 1. The first kappa shape index (κ1) is 24.1. The fourth-order valence-electron chi connectivity index (χ4n) is 3.66. The molecule has 192 valence electrons. The molecular weight excluding hydrogens is 505 g/mol. The Bertz CT molecular complexity index is 1530. The summed E-state index contributed by atoms with van der Waals surface area (Å²) in [7, 11) is 0. The molecule has 37 heavy (non-hydrogen) atoms. The van der Waals surface area contributed by atoms with Gasteiger partial charge >= 0.3 is 18.1 Å². The molecule has 1 aliphatic heterocycles. The number of alkyl halides is 5. The standard InChI is InChI=1S/C13H10F3N7O2.C8H6F2N2/c14-13(15,16)23-4-7(3-19-23)10-20-21-11(25-10)12(24)22-2-1-8-9(5-22)18-6-17-8;9-8(10)7-3-1-2-6-4-5-11-12(6)7/h3-4,6H,1-2,5H2,(H,17,18);1-5,8H. The van der Waals surface area contributed by atoms with E-state index in [1.807, 2.05) is 0 Å². The maximum Gasteiger partial charge on any atom is 0.504 e. The number of carbonyl (C=O) groups excluding carboxylic acids is 1. The van der Waals surface area contributed by atoms with Crippen LogP contribution < -0.4 is 0 Å². The highest BCUT2D eigenvalue weighted by Gasteiger charge is 2.33. The van der Waals surface area contributed by atoms with Crippen LogP contribution in [0.1, 0.15) is 34.2 Å². The normalized spacial score (nSPS) is 13.5. The second kappa shape index (κ2) is 9.44. The Hall–Kier alpha value is -4.63. The number of nitrogens with one attached hydrogen (secondary N) is 1. The first-order valence-corrected chi connectivity index (χ1v) is 10.7. The monoisotopic (exact) mass is 521 g/mol. The van der Waals surface area contributed by atoms with Crippen LogP contribution >= 0.6 is 0 Å². The number of aromatic nitrogens is 8. The summed E-state index contributed by atoms with van der Waals surface area (Å²) in [6, 6.07) is 6.38. The van der Waals surface area contributed by atoms with Crippen molar-refractivity contribution in [3.63, 3.8) is 0 Å². The van der Waals surface area contributed by atoms with Crippen LogP contribution in [0.4, 0.5) is 22.0 Å². The highest BCUT2D eigenvalue weighted by molar-refractivity contribution is 5.89. The number of hydrogen-bond donors (Lipinski definition) is 1. The molecular formula is C21H16F5N9O2. The highest BCUT2D eigenvalue weighted by atomic mass is 19.4. The number of hydrogen-bond acceptors (Lipinski definition) is 7. The lowest BCUT2D eigenvalue weighted by atomic mass is 10.1. The average Bonchev–Trinajstić information content (AvgIpc) is 3.68. The molecule has 5 aromatic heterocycles. The van der Waals surface area contributed by atoms with Crippen LogP contribution in [0.5, 0.6) is 0 Å². The van der Waals surface area contributed by atoms with Crippen molar-refractivity contribution < 1.29 is 31.2 Å². The van der Waals surface area contributed by atoms with E-state index >= 15 is 0 Å². The zero-order valence-corrected chi connectivity index (χ0v) is 18.6. The number of amides is 1. The van der Waals surface area contributed by atoms with Crippen LogP contribution in [0.25, 0.3) is 17.0 Å². The second-order valence-electron chi connectivity index (χ2n) is 7.78. The molecule has 0 aromatic carbocycles. The molecule has 0 aliphatic carbocycles. The lowest BCUT2D eigenvalue weighted by molar-refractivity contribution is -0.212. The number of H-pyrrole nitrogens is 1. The number of halogens is 5. The molecule has 0 atom stereocenters. The van der Waals surface area contributed by atoms with E-state index in [0.29, 0.717) is 31.2 Å². The maximum atomic E-state index is 12.6. The van der Waals surface area contributed by atoms with Gasteiger partial charge in [0.2, 0.25) is 0 Å². The fraction of sp³-hybridized carbons (Fsp3) is 0.238. The van der Waals surface area contributed by atoms with Gasteiger partial charge in [0.25, 0.3) is 12.3 Å². The van der Waals surface area contributed by atoms with Crippen LogP contribution in [0.3, 0.4) is 0 Å². The van der Waals surface area contributed by atoms with Crippen LogP contribution in [0.2, 0.25) is 0 Å². The Morgan fingerprint density at radius 3 is 2.73 bits per heavy atom. The van der Waals surface area contributed by atoms with Gasteiger partial charge in [-0.1, -0.05) is 6.07 Å². The summed E-state index contributed by atoms with van der Waals surface area (Å²) in [6.07, 6.45) is -1.83. The van der Waals surface area contributed by atoms with Crippen LogP contribution in [-0.4, -0.2) is 56.9 Å². The molecule has 6 heterocycles. The summed E-state index contributed by atoms with van der Waals surface area (Å²) >= 11 is 0. The number of aromatic amines is 1. The Balaban J connectivity index is 0.000000195. The molecule has 6 rings (SSSR count). The van der Waals surface area contributed by atoms with Gasteiger partial charge in [0.15, 0.2) is 0 Å². The summed E-state index contributed by atoms with van der Waals surface area (Å²) in [6.45, 7) is 0.748. The predicted molar refractivity (Wildman–Crippen MR) is 114 cm³/mol. The number of nitrogens with zero attached hydrogens (tertiary/aromatic N) is 8. The first-order valence-electron chi connectivity index (χ1n) is 10.7. The predicted octanol–water partition coefficient (Wildman–Crippen LogP) is 3.60. The van der Waals surface area contributed by atoms with E-state index in [9.17, 15) is 26.7 Å². The molecule has 0 unspecified atom stereocenters. The molecule has 0 saturated heterocycles. The van der Waals surface area contributed by atoms with Crippen molar-refractivity contribution in [1.29, 1.82) is 0 Å².